The molecule has 8 heteroatoms. The standard InChI is InChI=1S/C20H12N4O3S/c21-13-15-2-6-16(7-3-15)18(25)8-4-14-5-9-19(17(12-14)24(26)27)28-20-22-10-1-11-23-20/h1-12H/b8-4-. The fourth-order valence-corrected chi connectivity index (χ4v) is 3.08. The first-order valence-electron chi connectivity index (χ1n) is 8.03. The monoisotopic (exact) mass is 388 g/mol. The van der Waals surface area contributed by atoms with Crippen molar-refractivity contribution in [2.75, 3.05) is 0 Å². The quantitative estimate of drug-likeness (QED) is 0.203. The molecule has 1 heterocycles. The molecule has 0 N–H and O–H groups in total. The van der Waals surface area contributed by atoms with E-state index in [4.69, 9.17) is 5.26 Å². The van der Waals surface area contributed by atoms with E-state index in [9.17, 15) is 14.9 Å². The first-order valence-corrected chi connectivity index (χ1v) is 8.84. The minimum absolute atomic E-state index is 0.0922. The highest BCUT2D eigenvalue weighted by Crippen LogP contribution is 2.33. The van der Waals surface area contributed by atoms with Gasteiger partial charge >= 0.3 is 0 Å². The van der Waals surface area contributed by atoms with Crippen molar-refractivity contribution in [2.24, 2.45) is 0 Å². The molecule has 0 unspecified atom stereocenters. The van der Waals surface area contributed by atoms with Crippen LogP contribution in [0.15, 0.2) is 77.1 Å². The Kier molecular flexibility index (Phi) is 5.89. The molecule has 1 aromatic heterocycles. The van der Waals surface area contributed by atoms with Gasteiger partial charge in [0, 0.05) is 24.0 Å². The summed E-state index contributed by atoms with van der Waals surface area (Å²) in [5.41, 5.74) is 1.32. The van der Waals surface area contributed by atoms with E-state index in [1.54, 1.807) is 54.9 Å². The molecule has 0 radical (unpaired) electrons. The van der Waals surface area contributed by atoms with E-state index in [0.717, 1.165) is 11.8 Å². The molecule has 0 spiro atoms. The van der Waals surface area contributed by atoms with Gasteiger partial charge in [-0.2, -0.15) is 5.26 Å². The predicted octanol–water partition coefficient (Wildman–Crippen LogP) is 4.30. The van der Waals surface area contributed by atoms with Crippen LogP contribution in [0.25, 0.3) is 6.08 Å². The fraction of sp³-hybridized carbons (Fsp3) is 0. The first kappa shape index (κ1) is 18.9. The molecular formula is C20H12N4O3S. The molecule has 0 saturated carbocycles. The summed E-state index contributed by atoms with van der Waals surface area (Å²) in [4.78, 5) is 31.7. The highest BCUT2D eigenvalue weighted by atomic mass is 32.2. The Hall–Kier alpha value is -3.83. The lowest BCUT2D eigenvalue weighted by atomic mass is 10.1. The number of nitro benzene ring substituents is 1. The molecule has 136 valence electrons. The number of carbonyl (C=O) groups excluding carboxylic acids is 1. The average Bonchev–Trinajstić information content (AvgIpc) is 2.73. The maximum atomic E-state index is 12.2. The zero-order valence-corrected chi connectivity index (χ0v) is 15.2. The van der Waals surface area contributed by atoms with Crippen molar-refractivity contribution in [1.82, 2.24) is 9.97 Å². The van der Waals surface area contributed by atoms with Crippen molar-refractivity contribution in [1.29, 1.82) is 5.26 Å². The number of nitriles is 1. The second kappa shape index (κ2) is 8.70. The lowest BCUT2D eigenvalue weighted by Crippen LogP contribution is -1.95. The van der Waals surface area contributed by atoms with Crippen LogP contribution in [0.3, 0.4) is 0 Å². The van der Waals surface area contributed by atoms with Crippen molar-refractivity contribution in [3.05, 3.63) is 93.8 Å². The van der Waals surface area contributed by atoms with Gasteiger partial charge in [-0.3, -0.25) is 14.9 Å². The molecule has 0 fully saturated rings. The SMILES string of the molecule is N#Cc1ccc(C(=O)/C=C\c2ccc(Sc3ncccn3)c([N+](=O)[O-])c2)cc1. The topological polar surface area (TPSA) is 110 Å². The summed E-state index contributed by atoms with van der Waals surface area (Å²) in [6.45, 7) is 0. The molecule has 28 heavy (non-hydrogen) atoms. The van der Waals surface area contributed by atoms with Gasteiger partial charge in [0.25, 0.3) is 5.69 Å². The van der Waals surface area contributed by atoms with Crippen LogP contribution in [0, 0.1) is 21.4 Å². The molecule has 7 nitrogen and oxygen atoms in total. The van der Waals surface area contributed by atoms with Crippen LogP contribution >= 0.6 is 11.8 Å². The van der Waals surface area contributed by atoms with Crippen molar-refractivity contribution >= 4 is 29.3 Å². The van der Waals surface area contributed by atoms with E-state index >= 15 is 0 Å². The molecule has 0 saturated heterocycles. The Bertz CT molecular complexity index is 1090. The van der Waals surface area contributed by atoms with Crippen LogP contribution in [0.2, 0.25) is 0 Å². The second-order valence-corrected chi connectivity index (χ2v) is 6.51. The Morgan fingerprint density at radius 2 is 1.86 bits per heavy atom. The van der Waals surface area contributed by atoms with Crippen LogP contribution in [-0.2, 0) is 0 Å². The predicted molar refractivity (Wildman–Crippen MR) is 104 cm³/mol. The summed E-state index contributed by atoms with van der Waals surface area (Å²) in [6, 6.07) is 14.6. The Balaban J connectivity index is 1.81. The molecule has 0 amide bonds. The number of nitrogens with zero attached hydrogens (tertiary/aromatic N) is 4. The van der Waals surface area contributed by atoms with E-state index in [0.29, 0.717) is 26.7 Å². The van der Waals surface area contributed by atoms with Gasteiger partial charge in [-0.25, -0.2) is 9.97 Å². The van der Waals surface area contributed by atoms with Gasteiger partial charge in [0.15, 0.2) is 10.9 Å². The molecule has 3 aromatic rings. The number of aromatic nitrogens is 2. The van der Waals surface area contributed by atoms with Crippen molar-refractivity contribution in [3.8, 4) is 6.07 Å². The minimum atomic E-state index is -0.481. The smallest absolute Gasteiger partial charge is 0.283 e. The molecule has 0 aliphatic rings. The number of rotatable bonds is 6. The highest BCUT2D eigenvalue weighted by molar-refractivity contribution is 7.99. The number of ketones is 1. The summed E-state index contributed by atoms with van der Waals surface area (Å²) in [5.74, 6) is -0.261. The molecular weight excluding hydrogens is 376 g/mol. The first-order chi connectivity index (χ1) is 13.6. The van der Waals surface area contributed by atoms with E-state index < -0.39 is 4.92 Å². The van der Waals surface area contributed by atoms with Gasteiger partial charge in [0.05, 0.1) is 21.5 Å². The Labute approximate surface area is 164 Å². The van der Waals surface area contributed by atoms with Crippen LogP contribution in [-0.4, -0.2) is 20.7 Å². The molecule has 3 rings (SSSR count). The van der Waals surface area contributed by atoms with E-state index in [-0.39, 0.29) is 11.5 Å². The minimum Gasteiger partial charge on any atom is -0.289 e. The number of hydrogen-bond acceptors (Lipinski definition) is 7. The molecule has 0 aliphatic carbocycles. The number of hydrogen-bond donors (Lipinski definition) is 0. The summed E-state index contributed by atoms with van der Waals surface area (Å²) < 4.78 is 0. The van der Waals surface area contributed by atoms with Crippen LogP contribution < -0.4 is 0 Å². The van der Waals surface area contributed by atoms with Gasteiger partial charge < -0.3 is 0 Å². The van der Waals surface area contributed by atoms with Crippen molar-refractivity contribution in [2.45, 2.75) is 10.1 Å². The molecule has 0 atom stereocenters. The number of benzene rings is 2. The third-order valence-corrected chi connectivity index (χ3v) is 4.61. The van der Waals surface area contributed by atoms with E-state index in [2.05, 4.69) is 9.97 Å². The van der Waals surface area contributed by atoms with Crippen LogP contribution in [0.5, 0.6) is 0 Å². The lowest BCUT2D eigenvalue weighted by Gasteiger charge is -2.03. The Morgan fingerprint density at radius 1 is 1.14 bits per heavy atom. The van der Waals surface area contributed by atoms with Gasteiger partial charge in [-0.1, -0.05) is 12.1 Å². The zero-order valence-electron chi connectivity index (χ0n) is 14.4. The molecule has 0 bridgehead atoms. The second-order valence-electron chi connectivity index (χ2n) is 5.50. The van der Waals surface area contributed by atoms with Crippen molar-refractivity contribution in [3.63, 3.8) is 0 Å². The molecule has 0 aliphatic heterocycles. The zero-order chi connectivity index (χ0) is 19.9. The maximum Gasteiger partial charge on any atom is 0.283 e. The largest absolute Gasteiger partial charge is 0.289 e. The maximum absolute atomic E-state index is 12.2. The van der Waals surface area contributed by atoms with Gasteiger partial charge in [-0.15, -0.1) is 0 Å². The number of nitro groups is 1. The third-order valence-electron chi connectivity index (χ3n) is 3.65. The average molecular weight is 388 g/mol. The number of carbonyl (C=O) groups is 1. The summed E-state index contributed by atoms with van der Waals surface area (Å²) in [5, 5.41) is 20.6. The summed E-state index contributed by atoms with van der Waals surface area (Å²) in [6.07, 6.45) is 5.98. The van der Waals surface area contributed by atoms with Gasteiger partial charge in [0.1, 0.15) is 0 Å². The number of allylic oxidation sites excluding steroid dienone is 1. The van der Waals surface area contributed by atoms with Crippen LogP contribution in [0.1, 0.15) is 21.5 Å². The van der Waals surface area contributed by atoms with Gasteiger partial charge in [-0.05, 0) is 59.8 Å². The normalized spacial score (nSPS) is 10.5. The highest BCUT2D eigenvalue weighted by Gasteiger charge is 2.16. The van der Waals surface area contributed by atoms with Crippen molar-refractivity contribution < 1.29 is 9.72 Å². The fourth-order valence-electron chi connectivity index (χ4n) is 2.28. The summed E-state index contributed by atoms with van der Waals surface area (Å²) >= 11 is 1.09. The van der Waals surface area contributed by atoms with Gasteiger partial charge in [0.2, 0.25) is 0 Å². The van der Waals surface area contributed by atoms with E-state index in [1.807, 2.05) is 6.07 Å². The third kappa shape index (κ3) is 4.66. The summed E-state index contributed by atoms with van der Waals surface area (Å²) in [7, 11) is 0. The molecule has 2 aromatic carbocycles. The van der Waals surface area contributed by atoms with Crippen LogP contribution in [0.4, 0.5) is 5.69 Å². The lowest BCUT2D eigenvalue weighted by molar-refractivity contribution is -0.387. The Morgan fingerprint density at radius 3 is 2.50 bits per heavy atom. The van der Waals surface area contributed by atoms with E-state index in [1.165, 1.54) is 18.2 Å².